The molecule has 0 aromatic carbocycles. The van der Waals surface area contributed by atoms with E-state index in [-0.39, 0.29) is 28.9 Å². The molecule has 0 radical (unpaired) electrons. The van der Waals surface area contributed by atoms with E-state index in [1.807, 2.05) is 13.0 Å². The predicted octanol–water partition coefficient (Wildman–Crippen LogP) is 2.91. The lowest BCUT2D eigenvalue weighted by Gasteiger charge is -2.33. The molecule has 7 nitrogen and oxygen atoms in total. The van der Waals surface area contributed by atoms with Crippen molar-refractivity contribution in [1.82, 2.24) is 14.9 Å². The van der Waals surface area contributed by atoms with E-state index in [1.54, 1.807) is 0 Å². The van der Waals surface area contributed by atoms with Crippen molar-refractivity contribution in [2.24, 2.45) is 0 Å². The first-order chi connectivity index (χ1) is 12.4. The van der Waals surface area contributed by atoms with Gasteiger partial charge < -0.3 is 15.5 Å². The van der Waals surface area contributed by atoms with Gasteiger partial charge in [0.05, 0.1) is 6.61 Å². The summed E-state index contributed by atoms with van der Waals surface area (Å²) < 4.78 is 5.49. The Hall–Kier alpha value is -3.03. The molecule has 0 saturated carbocycles. The Bertz CT molecular complexity index is 933. The molecule has 1 aliphatic rings. The molecule has 1 aliphatic heterocycles. The second kappa shape index (κ2) is 6.70. The summed E-state index contributed by atoms with van der Waals surface area (Å²) in [4.78, 5) is 9.82. The first kappa shape index (κ1) is 17.8. The van der Waals surface area contributed by atoms with Gasteiger partial charge in [-0.2, -0.15) is 15.5 Å². The van der Waals surface area contributed by atoms with Crippen LogP contribution in [0.4, 0.5) is 5.82 Å². The van der Waals surface area contributed by atoms with Crippen molar-refractivity contribution in [3.8, 4) is 29.3 Å². The minimum Gasteiger partial charge on any atom is -0.477 e. The average Bonchev–Trinajstić information content (AvgIpc) is 3.05. The van der Waals surface area contributed by atoms with Crippen molar-refractivity contribution in [2.75, 3.05) is 25.9 Å². The van der Waals surface area contributed by atoms with Crippen LogP contribution >= 0.6 is 0 Å². The number of H-pyrrole nitrogens is 1. The largest absolute Gasteiger partial charge is 0.477 e. The van der Waals surface area contributed by atoms with Crippen LogP contribution in [-0.2, 0) is 0 Å². The summed E-state index contributed by atoms with van der Waals surface area (Å²) in [6.07, 6.45) is 0. The van der Waals surface area contributed by atoms with Gasteiger partial charge in [-0.1, -0.05) is 6.92 Å². The number of ether oxygens (including phenoxy) is 1. The molecule has 0 spiro atoms. The molecule has 0 aliphatic carbocycles. The van der Waals surface area contributed by atoms with Crippen LogP contribution < -0.4 is 10.5 Å². The van der Waals surface area contributed by atoms with Gasteiger partial charge in [0.25, 0.3) is 0 Å². The number of nitrogens with two attached hydrogens (primary N) is 1. The first-order valence-electron chi connectivity index (χ1n) is 8.62. The number of anilines is 1. The maximum atomic E-state index is 9.70. The normalized spacial score (nSPS) is 19.5. The number of nitrogen functional groups attached to an aromatic ring is 1. The monoisotopic (exact) mass is 350 g/mol. The topological polar surface area (TPSA) is 115 Å². The molecule has 0 saturated heterocycles. The second-order valence-electron chi connectivity index (χ2n) is 6.65. The molecular formula is C19H22N6O. The number of hydrogen-bond donors (Lipinski definition) is 2. The van der Waals surface area contributed by atoms with Gasteiger partial charge in [0, 0.05) is 35.5 Å². The molecule has 7 heteroatoms. The fourth-order valence-electron chi connectivity index (χ4n) is 3.60. The third-order valence-electron chi connectivity index (χ3n) is 5.01. The van der Waals surface area contributed by atoms with Crippen molar-refractivity contribution < 1.29 is 4.74 Å². The van der Waals surface area contributed by atoms with Crippen LogP contribution in [0.5, 0.6) is 5.88 Å². The lowest BCUT2D eigenvalue weighted by atomic mass is 9.93. The summed E-state index contributed by atoms with van der Waals surface area (Å²) in [7, 11) is 2.09. The third kappa shape index (κ3) is 2.67. The SMILES string of the molecule is CCOc1nc(N)c(C#N)c(-c2cc3c([nH]2)C(C)CN(C)C3C)c1C#N. The maximum Gasteiger partial charge on any atom is 0.234 e. The van der Waals surface area contributed by atoms with E-state index in [2.05, 4.69) is 47.9 Å². The van der Waals surface area contributed by atoms with Crippen molar-refractivity contribution in [3.63, 3.8) is 0 Å². The standard InChI is InChI=1S/C19H22N6O/c1-5-26-19-14(8-21)16(13(7-20)18(22)24-19)15-6-12-11(3)25(4)9-10(2)17(12)23-15/h6,10-11,23H,5,9H2,1-4H3,(H2,22,24). The molecular weight excluding hydrogens is 328 g/mol. The summed E-state index contributed by atoms with van der Waals surface area (Å²) >= 11 is 0. The highest BCUT2D eigenvalue weighted by atomic mass is 16.5. The van der Waals surface area contributed by atoms with Crippen LogP contribution in [0, 0.1) is 22.7 Å². The van der Waals surface area contributed by atoms with Gasteiger partial charge in [-0.3, -0.25) is 4.90 Å². The highest BCUT2D eigenvalue weighted by Crippen LogP contribution is 2.40. The van der Waals surface area contributed by atoms with Gasteiger partial charge in [0.15, 0.2) is 0 Å². The summed E-state index contributed by atoms with van der Waals surface area (Å²) in [6, 6.07) is 6.49. The summed E-state index contributed by atoms with van der Waals surface area (Å²) in [5, 5.41) is 19.3. The van der Waals surface area contributed by atoms with Gasteiger partial charge in [-0.05, 0) is 32.5 Å². The molecule has 0 fully saturated rings. The molecule has 2 aromatic heterocycles. The van der Waals surface area contributed by atoms with Gasteiger partial charge in [-0.15, -0.1) is 0 Å². The zero-order chi connectivity index (χ0) is 19.0. The first-order valence-corrected chi connectivity index (χ1v) is 8.62. The molecule has 3 rings (SSSR count). The van der Waals surface area contributed by atoms with E-state index < -0.39 is 0 Å². The van der Waals surface area contributed by atoms with Crippen LogP contribution in [0.2, 0.25) is 0 Å². The van der Waals surface area contributed by atoms with Crippen LogP contribution in [-0.4, -0.2) is 35.1 Å². The Morgan fingerprint density at radius 3 is 2.65 bits per heavy atom. The highest BCUT2D eigenvalue weighted by molar-refractivity contribution is 5.81. The third-order valence-corrected chi connectivity index (χ3v) is 5.01. The molecule has 0 amide bonds. The lowest BCUT2D eigenvalue weighted by molar-refractivity contribution is 0.227. The van der Waals surface area contributed by atoms with Gasteiger partial charge in [0.2, 0.25) is 5.88 Å². The molecule has 134 valence electrons. The number of hydrogen-bond acceptors (Lipinski definition) is 6. The number of fused-ring (bicyclic) bond motifs is 1. The fourth-order valence-corrected chi connectivity index (χ4v) is 3.60. The Morgan fingerprint density at radius 2 is 2.04 bits per heavy atom. The zero-order valence-corrected chi connectivity index (χ0v) is 15.4. The minimum atomic E-state index is 0.0655. The van der Waals surface area contributed by atoms with E-state index in [4.69, 9.17) is 10.5 Å². The van der Waals surface area contributed by atoms with Gasteiger partial charge >= 0.3 is 0 Å². The highest BCUT2D eigenvalue weighted by Gasteiger charge is 2.30. The molecule has 26 heavy (non-hydrogen) atoms. The number of pyridine rings is 1. The second-order valence-corrected chi connectivity index (χ2v) is 6.65. The summed E-state index contributed by atoms with van der Waals surface area (Å²) in [6.45, 7) is 7.40. The number of rotatable bonds is 3. The van der Waals surface area contributed by atoms with Crippen LogP contribution in [0.15, 0.2) is 6.07 Å². The number of likely N-dealkylation sites (N-methyl/N-ethyl adjacent to an activating group) is 1. The molecule has 2 atom stereocenters. The maximum absolute atomic E-state index is 9.70. The summed E-state index contributed by atoms with van der Waals surface area (Å²) in [5.41, 5.74) is 9.86. The number of nitriles is 2. The molecule has 2 aromatic rings. The van der Waals surface area contributed by atoms with Gasteiger partial charge in [0.1, 0.15) is 29.1 Å². The van der Waals surface area contributed by atoms with Crippen molar-refractivity contribution in [2.45, 2.75) is 32.7 Å². The Kier molecular flexibility index (Phi) is 4.58. The van der Waals surface area contributed by atoms with E-state index in [0.29, 0.717) is 23.8 Å². The van der Waals surface area contributed by atoms with Crippen molar-refractivity contribution in [3.05, 3.63) is 28.5 Å². The number of nitrogens with one attached hydrogen (secondary N) is 1. The molecule has 2 unspecified atom stereocenters. The molecule has 0 bridgehead atoms. The van der Waals surface area contributed by atoms with E-state index in [1.165, 1.54) is 5.56 Å². The van der Waals surface area contributed by atoms with E-state index in [0.717, 1.165) is 12.2 Å². The predicted molar refractivity (Wildman–Crippen MR) is 98.5 cm³/mol. The average molecular weight is 350 g/mol. The zero-order valence-electron chi connectivity index (χ0n) is 15.4. The molecule has 3 N–H and O–H groups in total. The summed E-state index contributed by atoms with van der Waals surface area (Å²) in [5.74, 6) is 0.546. The van der Waals surface area contributed by atoms with E-state index in [9.17, 15) is 10.5 Å². The number of nitrogens with zero attached hydrogens (tertiary/aromatic N) is 4. The van der Waals surface area contributed by atoms with Gasteiger partial charge in [-0.25, -0.2) is 0 Å². The number of aromatic amines is 1. The van der Waals surface area contributed by atoms with Crippen molar-refractivity contribution in [1.29, 1.82) is 10.5 Å². The van der Waals surface area contributed by atoms with E-state index >= 15 is 0 Å². The Labute approximate surface area is 153 Å². The van der Waals surface area contributed by atoms with Crippen LogP contribution in [0.25, 0.3) is 11.3 Å². The lowest BCUT2D eigenvalue weighted by Crippen LogP contribution is -2.32. The Morgan fingerprint density at radius 1 is 1.35 bits per heavy atom. The van der Waals surface area contributed by atoms with Crippen LogP contribution in [0.3, 0.4) is 0 Å². The smallest absolute Gasteiger partial charge is 0.234 e. The quantitative estimate of drug-likeness (QED) is 0.879. The molecule has 3 heterocycles. The Balaban J connectivity index is 2.28. The fraction of sp³-hybridized carbons (Fsp3) is 0.421. The number of aromatic nitrogens is 2. The van der Waals surface area contributed by atoms with Crippen molar-refractivity contribution >= 4 is 5.82 Å². The minimum absolute atomic E-state index is 0.0655. The van der Waals surface area contributed by atoms with Crippen LogP contribution in [0.1, 0.15) is 55.1 Å².